The molecule has 0 radical (unpaired) electrons. The summed E-state index contributed by atoms with van der Waals surface area (Å²) in [4.78, 5) is 43.5. The first-order valence-corrected chi connectivity index (χ1v) is 10.5. The van der Waals surface area contributed by atoms with Gasteiger partial charge in [-0.15, -0.1) is 0 Å². The van der Waals surface area contributed by atoms with Gasteiger partial charge in [0.25, 0.3) is 5.91 Å². The number of likely N-dealkylation sites (tertiary alicyclic amines) is 1. The molecule has 0 spiro atoms. The van der Waals surface area contributed by atoms with Crippen molar-refractivity contribution < 1.29 is 14.4 Å². The van der Waals surface area contributed by atoms with Crippen LogP contribution in [-0.4, -0.2) is 65.1 Å². The number of aryl methyl sites for hydroxylation is 1. The van der Waals surface area contributed by atoms with Crippen molar-refractivity contribution in [1.29, 1.82) is 0 Å². The largest absolute Gasteiger partial charge is 0.339 e. The summed E-state index contributed by atoms with van der Waals surface area (Å²) in [6.45, 7) is 5.05. The summed E-state index contributed by atoms with van der Waals surface area (Å²) in [6, 6.07) is 17.4. The lowest BCUT2D eigenvalue weighted by Crippen LogP contribution is -2.52. The Bertz CT molecular complexity index is 936. The lowest BCUT2D eigenvalue weighted by atomic mass is 10.1. The average Bonchev–Trinajstić information content (AvgIpc) is 3.13. The highest BCUT2D eigenvalue weighted by Gasteiger charge is 2.37. The van der Waals surface area contributed by atoms with E-state index in [2.05, 4.69) is 0 Å². The molecule has 30 heavy (non-hydrogen) atoms. The molecule has 2 heterocycles. The maximum atomic E-state index is 13.0. The van der Waals surface area contributed by atoms with Crippen molar-refractivity contribution in [2.75, 3.05) is 32.7 Å². The monoisotopic (exact) mass is 405 g/mol. The molecule has 6 nitrogen and oxygen atoms in total. The Kier molecular flexibility index (Phi) is 5.84. The molecule has 156 valence electrons. The summed E-state index contributed by atoms with van der Waals surface area (Å²) < 4.78 is 0. The van der Waals surface area contributed by atoms with Crippen molar-refractivity contribution in [2.24, 2.45) is 5.92 Å². The Hall–Kier alpha value is -3.15. The van der Waals surface area contributed by atoms with Gasteiger partial charge in [0.15, 0.2) is 0 Å². The number of benzene rings is 2. The Morgan fingerprint density at radius 1 is 0.933 bits per heavy atom. The van der Waals surface area contributed by atoms with Crippen molar-refractivity contribution in [3.63, 3.8) is 0 Å². The minimum atomic E-state index is -0.291. The molecule has 2 saturated heterocycles. The van der Waals surface area contributed by atoms with Gasteiger partial charge in [0, 0.05) is 51.3 Å². The van der Waals surface area contributed by atoms with Crippen LogP contribution in [0.4, 0.5) is 0 Å². The van der Waals surface area contributed by atoms with Gasteiger partial charge in [-0.1, -0.05) is 48.0 Å². The Balaban J connectivity index is 1.31. The molecule has 4 rings (SSSR count). The smallest absolute Gasteiger partial charge is 0.253 e. The molecular formula is C24H27N3O3. The predicted molar refractivity (Wildman–Crippen MR) is 114 cm³/mol. The zero-order chi connectivity index (χ0) is 21.1. The summed E-state index contributed by atoms with van der Waals surface area (Å²) in [6.07, 6.45) is 0.272. The zero-order valence-corrected chi connectivity index (χ0v) is 17.3. The Morgan fingerprint density at radius 2 is 1.63 bits per heavy atom. The lowest BCUT2D eigenvalue weighted by Gasteiger charge is -2.36. The van der Waals surface area contributed by atoms with E-state index in [-0.39, 0.29) is 30.1 Å². The molecule has 0 aromatic heterocycles. The van der Waals surface area contributed by atoms with Crippen LogP contribution in [0.2, 0.25) is 0 Å². The zero-order valence-electron chi connectivity index (χ0n) is 17.3. The van der Waals surface area contributed by atoms with E-state index in [9.17, 15) is 14.4 Å². The maximum absolute atomic E-state index is 13.0. The van der Waals surface area contributed by atoms with Crippen LogP contribution < -0.4 is 0 Å². The second-order valence-corrected chi connectivity index (χ2v) is 8.15. The fourth-order valence-corrected chi connectivity index (χ4v) is 4.24. The van der Waals surface area contributed by atoms with Gasteiger partial charge in [-0.2, -0.15) is 0 Å². The second kappa shape index (κ2) is 8.69. The van der Waals surface area contributed by atoms with Gasteiger partial charge in [-0.05, 0) is 24.6 Å². The quantitative estimate of drug-likeness (QED) is 0.784. The SMILES string of the molecule is Cc1cccc(C(=O)N2CCN(C(=O)C3CC(=O)N(Cc4ccccc4)C3)CC2)c1. The summed E-state index contributed by atoms with van der Waals surface area (Å²) in [5.74, 6) is -0.219. The lowest BCUT2D eigenvalue weighted by molar-refractivity contribution is -0.137. The third-order valence-electron chi connectivity index (χ3n) is 5.92. The molecule has 1 atom stereocenters. The van der Waals surface area contributed by atoms with Gasteiger partial charge in [0.2, 0.25) is 11.8 Å². The topological polar surface area (TPSA) is 60.9 Å². The molecule has 0 bridgehead atoms. The molecule has 2 aromatic carbocycles. The first-order chi connectivity index (χ1) is 14.5. The molecular weight excluding hydrogens is 378 g/mol. The molecule has 2 aliphatic rings. The van der Waals surface area contributed by atoms with Crippen molar-refractivity contribution in [1.82, 2.24) is 14.7 Å². The minimum Gasteiger partial charge on any atom is -0.339 e. The highest BCUT2D eigenvalue weighted by Crippen LogP contribution is 2.23. The number of amides is 3. The number of piperazine rings is 1. The summed E-state index contributed by atoms with van der Waals surface area (Å²) in [5.41, 5.74) is 2.82. The van der Waals surface area contributed by atoms with Gasteiger partial charge in [0.1, 0.15) is 0 Å². The summed E-state index contributed by atoms with van der Waals surface area (Å²) in [5, 5.41) is 0. The molecule has 0 N–H and O–H groups in total. The Labute approximate surface area is 177 Å². The van der Waals surface area contributed by atoms with Crippen molar-refractivity contribution in [3.05, 3.63) is 71.3 Å². The van der Waals surface area contributed by atoms with Crippen LogP contribution in [0.25, 0.3) is 0 Å². The van der Waals surface area contributed by atoms with Crippen LogP contribution in [0, 0.1) is 12.8 Å². The van der Waals surface area contributed by atoms with E-state index < -0.39 is 0 Å². The van der Waals surface area contributed by atoms with Crippen LogP contribution in [-0.2, 0) is 16.1 Å². The van der Waals surface area contributed by atoms with E-state index in [0.717, 1.165) is 11.1 Å². The summed E-state index contributed by atoms with van der Waals surface area (Å²) in [7, 11) is 0. The number of nitrogens with zero attached hydrogens (tertiary/aromatic N) is 3. The number of rotatable bonds is 4. The fraction of sp³-hybridized carbons (Fsp3) is 0.375. The standard InChI is InChI=1S/C24H27N3O3/c1-18-6-5-9-20(14-18)23(29)25-10-12-26(13-11-25)24(30)21-15-22(28)27(17-21)16-19-7-3-2-4-8-19/h2-9,14,21H,10-13,15-17H2,1H3. The highest BCUT2D eigenvalue weighted by atomic mass is 16.2. The van der Waals surface area contributed by atoms with Crippen LogP contribution in [0.15, 0.2) is 54.6 Å². The predicted octanol–water partition coefficient (Wildman–Crippen LogP) is 2.33. The molecule has 2 aliphatic heterocycles. The van der Waals surface area contributed by atoms with Crippen molar-refractivity contribution in [3.8, 4) is 0 Å². The number of carbonyl (C=O) groups excluding carboxylic acids is 3. The third-order valence-corrected chi connectivity index (χ3v) is 5.92. The van der Waals surface area contributed by atoms with Gasteiger partial charge in [0.05, 0.1) is 5.92 Å². The summed E-state index contributed by atoms with van der Waals surface area (Å²) >= 11 is 0. The highest BCUT2D eigenvalue weighted by molar-refractivity contribution is 5.94. The molecule has 0 saturated carbocycles. The minimum absolute atomic E-state index is 0.0101. The molecule has 1 unspecified atom stereocenters. The number of hydrogen-bond donors (Lipinski definition) is 0. The van der Waals surface area contributed by atoms with Crippen molar-refractivity contribution in [2.45, 2.75) is 19.9 Å². The van der Waals surface area contributed by atoms with E-state index in [0.29, 0.717) is 44.8 Å². The van der Waals surface area contributed by atoms with E-state index in [4.69, 9.17) is 0 Å². The van der Waals surface area contributed by atoms with Crippen LogP contribution in [0.5, 0.6) is 0 Å². The van der Waals surface area contributed by atoms with Gasteiger partial charge < -0.3 is 14.7 Å². The van der Waals surface area contributed by atoms with Crippen LogP contribution in [0.1, 0.15) is 27.9 Å². The number of carbonyl (C=O) groups is 3. The average molecular weight is 405 g/mol. The molecule has 0 aliphatic carbocycles. The van der Waals surface area contributed by atoms with E-state index in [1.165, 1.54) is 0 Å². The normalized spacial score (nSPS) is 19.3. The third kappa shape index (κ3) is 4.37. The first kappa shape index (κ1) is 20.1. The Morgan fingerprint density at radius 3 is 2.33 bits per heavy atom. The maximum Gasteiger partial charge on any atom is 0.253 e. The molecule has 2 aromatic rings. The number of hydrogen-bond acceptors (Lipinski definition) is 3. The van der Waals surface area contributed by atoms with E-state index in [1.807, 2.05) is 66.4 Å². The van der Waals surface area contributed by atoms with Gasteiger partial charge >= 0.3 is 0 Å². The van der Waals surface area contributed by atoms with E-state index >= 15 is 0 Å². The molecule has 2 fully saturated rings. The molecule has 3 amide bonds. The van der Waals surface area contributed by atoms with Crippen LogP contribution >= 0.6 is 0 Å². The van der Waals surface area contributed by atoms with E-state index in [1.54, 1.807) is 9.80 Å². The van der Waals surface area contributed by atoms with Gasteiger partial charge in [-0.25, -0.2) is 0 Å². The van der Waals surface area contributed by atoms with Gasteiger partial charge in [-0.3, -0.25) is 14.4 Å². The first-order valence-electron chi connectivity index (χ1n) is 10.5. The fourth-order valence-electron chi connectivity index (χ4n) is 4.24. The molecule has 6 heteroatoms. The van der Waals surface area contributed by atoms with Crippen molar-refractivity contribution >= 4 is 17.7 Å². The van der Waals surface area contributed by atoms with Crippen LogP contribution in [0.3, 0.4) is 0 Å². The second-order valence-electron chi connectivity index (χ2n) is 8.15.